The summed E-state index contributed by atoms with van der Waals surface area (Å²) in [6.45, 7) is 7.40. The number of benzene rings is 1. The Morgan fingerprint density at radius 2 is 1.90 bits per heavy atom. The first-order valence-corrected chi connectivity index (χ1v) is 8.26. The van der Waals surface area contributed by atoms with Crippen LogP contribution in [0.4, 0.5) is 10.1 Å². The zero-order valence-corrected chi connectivity index (χ0v) is 13.8. The fourth-order valence-corrected chi connectivity index (χ4v) is 3.25. The van der Waals surface area contributed by atoms with Crippen molar-refractivity contribution in [2.75, 3.05) is 18.5 Å². The van der Waals surface area contributed by atoms with Crippen molar-refractivity contribution < 1.29 is 4.39 Å². The first kappa shape index (κ1) is 16.3. The Morgan fingerprint density at radius 3 is 2.43 bits per heavy atom. The van der Waals surface area contributed by atoms with Gasteiger partial charge >= 0.3 is 0 Å². The van der Waals surface area contributed by atoms with Gasteiger partial charge in [-0.1, -0.05) is 32.8 Å². The van der Waals surface area contributed by atoms with Crippen molar-refractivity contribution in [2.24, 2.45) is 5.92 Å². The van der Waals surface area contributed by atoms with E-state index >= 15 is 0 Å². The average molecular weight is 292 g/mol. The van der Waals surface area contributed by atoms with Gasteiger partial charge in [-0.3, -0.25) is 0 Å². The van der Waals surface area contributed by atoms with Crippen LogP contribution in [0.1, 0.15) is 58.1 Å². The minimum Gasteiger partial charge on any atom is -0.366 e. The number of hydrogen-bond donors (Lipinski definition) is 1. The van der Waals surface area contributed by atoms with E-state index in [1.807, 2.05) is 13.1 Å². The molecule has 1 unspecified atom stereocenters. The predicted molar refractivity (Wildman–Crippen MR) is 88.3 cm³/mol. The van der Waals surface area contributed by atoms with E-state index in [2.05, 4.69) is 37.1 Å². The van der Waals surface area contributed by atoms with E-state index in [1.165, 1.54) is 25.7 Å². The zero-order valence-electron chi connectivity index (χ0n) is 13.8. The van der Waals surface area contributed by atoms with Gasteiger partial charge in [-0.15, -0.1) is 0 Å². The summed E-state index contributed by atoms with van der Waals surface area (Å²) in [5.41, 5.74) is 1.79. The lowest BCUT2D eigenvalue weighted by molar-refractivity contribution is 0.519. The van der Waals surface area contributed by atoms with Crippen molar-refractivity contribution in [1.29, 1.82) is 0 Å². The van der Waals surface area contributed by atoms with Crippen molar-refractivity contribution in [3.63, 3.8) is 0 Å². The number of nitrogens with one attached hydrogen (secondary N) is 1. The Labute approximate surface area is 128 Å². The predicted octanol–water partition coefficient (Wildman–Crippen LogP) is 4.51. The molecule has 0 spiro atoms. The highest BCUT2D eigenvalue weighted by Crippen LogP contribution is 2.31. The fourth-order valence-electron chi connectivity index (χ4n) is 3.25. The molecule has 0 radical (unpaired) electrons. The third-order valence-electron chi connectivity index (χ3n) is 4.54. The van der Waals surface area contributed by atoms with E-state index in [4.69, 9.17) is 0 Å². The van der Waals surface area contributed by atoms with Crippen LogP contribution in [0.25, 0.3) is 0 Å². The molecule has 1 aromatic carbocycles. The first-order chi connectivity index (χ1) is 10.0. The molecule has 1 aromatic rings. The maximum Gasteiger partial charge on any atom is 0.146 e. The molecule has 0 bridgehead atoms. The molecule has 1 aliphatic carbocycles. The normalized spacial score (nSPS) is 17.4. The zero-order chi connectivity index (χ0) is 15.4. The molecule has 1 fully saturated rings. The second kappa shape index (κ2) is 7.26. The van der Waals surface area contributed by atoms with Crippen molar-refractivity contribution >= 4 is 5.69 Å². The van der Waals surface area contributed by atoms with Crippen LogP contribution < -0.4 is 10.2 Å². The minimum atomic E-state index is -0.0813. The third kappa shape index (κ3) is 3.97. The number of halogens is 1. The first-order valence-electron chi connectivity index (χ1n) is 8.26. The smallest absolute Gasteiger partial charge is 0.146 e. The summed E-state index contributed by atoms with van der Waals surface area (Å²) in [5.74, 6) is 0.461. The molecule has 1 atom stereocenters. The van der Waals surface area contributed by atoms with E-state index in [-0.39, 0.29) is 11.9 Å². The molecule has 0 amide bonds. The van der Waals surface area contributed by atoms with E-state index in [0.717, 1.165) is 17.8 Å². The van der Waals surface area contributed by atoms with E-state index in [1.54, 1.807) is 6.07 Å². The largest absolute Gasteiger partial charge is 0.366 e. The molecule has 1 aliphatic rings. The molecule has 1 saturated carbocycles. The average Bonchev–Trinajstić information content (AvgIpc) is 2.98. The summed E-state index contributed by atoms with van der Waals surface area (Å²) >= 11 is 0. The molecule has 1 N–H and O–H groups in total. The molecule has 3 heteroatoms. The minimum absolute atomic E-state index is 0.0813. The van der Waals surface area contributed by atoms with Gasteiger partial charge in [0.2, 0.25) is 0 Å². The van der Waals surface area contributed by atoms with Crippen LogP contribution in [0.15, 0.2) is 18.2 Å². The second-order valence-corrected chi connectivity index (χ2v) is 6.71. The van der Waals surface area contributed by atoms with Crippen LogP contribution in [0.2, 0.25) is 0 Å². The summed E-state index contributed by atoms with van der Waals surface area (Å²) in [4.78, 5) is 2.31. The van der Waals surface area contributed by atoms with Crippen molar-refractivity contribution in [1.82, 2.24) is 5.32 Å². The lowest BCUT2D eigenvalue weighted by Gasteiger charge is -2.33. The number of nitrogens with zero attached hydrogens (tertiary/aromatic N) is 1. The Morgan fingerprint density at radius 1 is 1.24 bits per heavy atom. The Hall–Kier alpha value is -1.09. The van der Waals surface area contributed by atoms with Gasteiger partial charge in [0.05, 0.1) is 5.69 Å². The van der Waals surface area contributed by atoms with Crippen molar-refractivity contribution in [2.45, 2.75) is 58.5 Å². The maximum absolute atomic E-state index is 14.6. The van der Waals surface area contributed by atoms with Gasteiger partial charge in [-0.2, -0.15) is 0 Å². The van der Waals surface area contributed by atoms with E-state index < -0.39 is 0 Å². The number of anilines is 1. The summed E-state index contributed by atoms with van der Waals surface area (Å²) in [6.07, 6.45) is 4.94. The molecule has 2 rings (SSSR count). The van der Waals surface area contributed by atoms with Crippen molar-refractivity contribution in [3.8, 4) is 0 Å². The maximum atomic E-state index is 14.6. The van der Waals surface area contributed by atoms with Crippen LogP contribution >= 0.6 is 0 Å². The highest BCUT2D eigenvalue weighted by molar-refractivity contribution is 5.50. The number of hydrogen-bond acceptors (Lipinski definition) is 2. The monoisotopic (exact) mass is 292 g/mol. The molecule has 2 nitrogen and oxygen atoms in total. The summed E-state index contributed by atoms with van der Waals surface area (Å²) in [6, 6.07) is 6.41. The molecule has 0 aromatic heterocycles. The third-order valence-corrected chi connectivity index (χ3v) is 4.54. The van der Waals surface area contributed by atoms with Gasteiger partial charge in [0.1, 0.15) is 5.82 Å². The molecular weight excluding hydrogens is 263 g/mol. The lowest BCUT2D eigenvalue weighted by atomic mass is 10.0. The topological polar surface area (TPSA) is 15.3 Å². The van der Waals surface area contributed by atoms with Gasteiger partial charge in [-0.05, 0) is 50.4 Å². The van der Waals surface area contributed by atoms with Crippen LogP contribution in [-0.4, -0.2) is 19.6 Å². The SMILES string of the molecule is CNC(C)c1ccc(N(CC(C)C)C2CCCC2)c(F)c1. The van der Waals surface area contributed by atoms with Gasteiger partial charge in [0, 0.05) is 18.6 Å². The lowest BCUT2D eigenvalue weighted by Crippen LogP contribution is -2.37. The molecular formula is C18H29FN2. The second-order valence-electron chi connectivity index (χ2n) is 6.71. The Balaban J connectivity index is 2.26. The van der Waals surface area contributed by atoms with Crippen LogP contribution in [0, 0.1) is 11.7 Å². The Kier molecular flexibility index (Phi) is 5.63. The van der Waals surface area contributed by atoms with Crippen LogP contribution in [0.3, 0.4) is 0 Å². The van der Waals surface area contributed by atoms with Gasteiger partial charge < -0.3 is 10.2 Å². The molecule has 21 heavy (non-hydrogen) atoms. The van der Waals surface area contributed by atoms with Crippen molar-refractivity contribution in [3.05, 3.63) is 29.6 Å². The van der Waals surface area contributed by atoms with E-state index in [9.17, 15) is 4.39 Å². The molecule has 0 heterocycles. The van der Waals surface area contributed by atoms with Crippen LogP contribution in [-0.2, 0) is 0 Å². The summed E-state index contributed by atoms with van der Waals surface area (Å²) in [5, 5.41) is 3.16. The standard InChI is InChI=1S/C18H29FN2/c1-13(2)12-21(16-7-5-6-8-16)18-10-9-15(11-17(18)19)14(3)20-4/h9-11,13-14,16,20H,5-8,12H2,1-4H3. The fraction of sp³-hybridized carbons (Fsp3) is 0.667. The Bertz CT molecular complexity index is 453. The van der Waals surface area contributed by atoms with Gasteiger partial charge in [0.25, 0.3) is 0 Å². The summed E-state index contributed by atoms with van der Waals surface area (Å²) < 4.78 is 14.6. The highest BCUT2D eigenvalue weighted by atomic mass is 19.1. The quantitative estimate of drug-likeness (QED) is 0.830. The molecule has 0 aliphatic heterocycles. The highest BCUT2D eigenvalue weighted by Gasteiger charge is 2.25. The van der Waals surface area contributed by atoms with E-state index in [0.29, 0.717) is 12.0 Å². The number of rotatable bonds is 6. The van der Waals surface area contributed by atoms with Crippen LogP contribution in [0.5, 0.6) is 0 Å². The summed E-state index contributed by atoms with van der Waals surface area (Å²) in [7, 11) is 1.90. The molecule has 0 saturated heterocycles. The molecule has 118 valence electrons. The van der Waals surface area contributed by atoms with Gasteiger partial charge in [-0.25, -0.2) is 4.39 Å². The van der Waals surface area contributed by atoms with Gasteiger partial charge in [0.15, 0.2) is 0 Å².